The molecular weight excluding hydrogens is 318 g/mol. The van der Waals surface area contributed by atoms with Gasteiger partial charge in [-0.15, -0.1) is 0 Å². The number of nitrogens with zero attached hydrogens (tertiary/aromatic N) is 1. The van der Waals surface area contributed by atoms with Crippen molar-refractivity contribution in [2.45, 2.75) is 64.7 Å². The second-order valence-corrected chi connectivity index (χ2v) is 6.86. The van der Waals surface area contributed by atoms with E-state index in [4.69, 9.17) is 4.74 Å². The minimum absolute atomic E-state index is 0.821. The average molecular weight is 352 g/mol. The van der Waals surface area contributed by atoms with Crippen molar-refractivity contribution < 1.29 is 4.74 Å². The topological polar surface area (TPSA) is 22.1 Å². The Kier molecular flexibility index (Phi) is 10.2. The first-order valence-corrected chi connectivity index (χ1v) is 10.2. The molecule has 0 N–H and O–H groups in total. The fraction of sp³-hybridized carbons (Fsp3) is 0.458. The number of benzene rings is 1. The van der Waals surface area contributed by atoms with Gasteiger partial charge in [0.25, 0.3) is 0 Å². The molecule has 0 spiro atoms. The first kappa shape index (κ1) is 20.2. The lowest BCUT2D eigenvalue weighted by Gasteiger charge is -2.06. The number of hydrogen-bond acceptors (Lipinski definition) is 2. The maximum atomic E-state index is 5.85. The number of ether oxygens (including phenoxy) is 1. The predicted molar refractivity (Wildman–Crippen MR) is 112 cm³/mol. The summed E-state index contributed by atoms with van der Waals surface area (Å²) >= 11 is 0. The Labute approximate surface area is 159 Å². The van der Waals surface area contributed by atoms with Crippen molar-refractivity contribution in [2.24, 2.45) is 0 Å². The number of aromatic nitrogens is 1. The molecule has 0 fully saturated rings. The van der Waals surface area contributed by atoms with Crippen LogP contribution >= 0.6 is 0 Å². The molecule has 0 aliphatic carbocycles. The van der Waals surface area contributed by atoms with Crippen molar-refractivity contribution >= 4 is 12.2 Å². The lowest BCUT2D eigenvalue weighted by atomic mass is 10.1. The van der Waals surface area contributed by atoms with Gasteiger partial charge in [-0.1, -0.05) is 82.6 Å². The number of pyridine rings is 1. The van der Waals surface area contributed by atoms with Gasteiger partial charge in [0, 0.05) is 12.4 Å². The van der Waals surface area contributed by atoms with E-state index in [2.05, 4.69) is 48.3 Å². The highest BCUT2D eigenvalue weighted by molar-refractivity contribution is 5.69. The summed E-state index contributed by atoms with van der Waals surface area (Å²) in [6.07, 6.45) is 19.9. The van der Waals surface area contributed by atoms with Crippen LogP contribution in [0.4, 0.5) is 0 Å². The van der Waals surface area contributed by atoms with E-state index in [0.29, 0.717) is 0 Å². The summed E-state index contributed by atoms with van der Waals surface area (Å²) in [4.78, 5) is 4.03. The van der Waals surface area contributed by atoms with Crippen LogP contribution in [0.5, 0.6) is 5.75 Å². The zero-order valence-corrected chi connectivity index (χ0v) is 16.2. The Morgan fingerprint density at radius 1 is 0.692 bits per heavy atom. The monoisotopic (exact) mass is 351 g/mol. The van der Waals surface area contributed by atoms with Crippen LogP contribution in [-0.4, -0.2) is 11.6 Å². The van der Waals surface area contributed by atoms with Gasteiger partial charge >= 0.3 is 0 Å². The zero-order chi connectivity index (χ0) is 18.3. The summed E-state index contributed by atoms with van der Waals surface area (Å²) in [5.74, 6) is 0.964. The van der Waals surface area contributed by atoms with Crippen molar-refractivity contribution in [3.05, 3.63) is 59.9 Å². The summed E-state index contributed by atoms with van der Waals surface area (Å²) in [5, 5.41) is 0. The van der Waals surface area contributed by atoms with Crippen LogP contribution in [0, 0.1) is 0 Å². The smallest absolute Gasteiger partial charge is 0.119 e. The molecule has 140 valence electrons. The maximum Gasteiger partial charge on any atom is 0.119 e. The molecule has 0 saturated carbocycles. The fourth-order valence-electron chi connectivity index (χ4n) is 2.94. The third-order valence-electron chi connectivity index (χ3n) is 4.57. The first-order valence-electron chi connectivity index (χ1n) is 10.2. The van der Waals surface area contributed by atoms with Crippen LogP contribution in [0.1, 0.15) is 75.8 Å². The highest BCUT2D eigenvalue weighted by Gasteiger charge is 1.96. The summed E-state index contributed by atoms with van der Waals surface area (Å²) in [6.45, 7) is 3.09. The van der Waals surface area contributed by atoms with E-state index < -0.39 is 0 Å². The first-order chi connectivity index (χ1) is 12.9. The van der Waals surface area contributed by atoms with Crippen molar-refractivity contribution in [1.29, 1.82) is 0 Å². The molecule has 0 radical (unpaired) electrons. The Morgan fingerprint density at radius 2 is 1.23 bits per heavy atom. The second-order valence-electron chi connectivity index (χ2n) is 6.86. The molecule has 0 aliphatic rings. The molecule has 0 aliphatic heterocycles. The van der Waals surface area contributed by atoms with Gasteiger partial charge in [0.15, 0.2) is 0 Å². The van der Waals surface area contributed by atoms with E-state index in [1.807, 2.05) is 24.5 Å². The summed E-state index contributed by atoms with van der Waals surface area (Å²) < 4.78 is 5.85. The summed E-state index contributed by atoms with van der Waals surface area (Å²) in [5.41, 5.74) is 2.34. The van der Waals surface area contributed by atoms with Crippen molar-refractivity contribution in [1.82, 2.24) is 4.98 Å². The van der Waals surface area contributed by atoms with Gasteiger partial charge in [0.05, 0.1) is 6.61 Å². The lowest BCUT2D eigenvalue weighted by Crippen LogP contribution is -1.97. The molecule has 1 heterocycles. The number of hydrogen-bond donors (Lipinski definition) is 0. The Hall–Kier alpha value is -2.09. The molecular formula is C24H33NO. The van der Waals surface area contributed by atoms with Gasteiger partial charge < -0.3 is 4.74 Å². The SMILES string of the molecule is CCCCCCCCCCCOc1ccc(/C=C/c2ccncc2)cc1. The molecule has 0 bridgehead atoms. The minimum atomic E-state index is 0.821. The van der Waals surface area contributed by atoms with Crippen LogP contribution in [0.15, 0.2) is 48.8 Å². The second kappa shape index (κ2) is 13.2. The molecule has 0 saturated heterocycles. The van der Waals surface area contributed by atoms with Gasteiger partial charge in [-0.05, 0) is 41.8 Å². The van der Waals surface area contributed by atoms with Crippen LogP contribution in [0.25, 0.3) is 12.2 Å². The maximum absolute atomic E-state index is 5.85. The minimum Gasteiger partial charge on any atom is -0.494 e. The van der Waals surface area contributed by atoms with Crippen molar-refractivity contribution in [3.8, 4) is 5.75 Å². The van der Waals surface area contributed by atoms with E-state index in [-0.39, 0.29) is 0 Å². The standard InChI is InChI=1S/C24H33NO/c1-2-3-4-5-6-7-8-9-10-21-26-24-15-13-22(14-16-24)11-12-23-17-19-25-20-18-23/h11-20H,2-10,21H2,1H3/b12-11+. The normalized spacial score (nSPS) is 11.1. The van der Waals surface area contributed by atoms with E-state index in [1.54, 1.807) is 0 Å². The van der Waals surface area contributed by atoms with Crippen molar-refractivity contribution in [2.75, 3.05) is 6.61 Å². The van der Waals surface area contributed by atoms with Crippen LogP contribution in [0.3, 0.4) is 0 Å². The third-order valence-corrected chi connectivity index (χ3v) is 4.57. The van der Waals surface area contributed by atoms with Gasteiger partial charge in [0.1, 0.15) is 5.75 Å². The van der Waals surface area contributed by atoms with Crippen LogP contribution in [0.2, 0.25) is 0 Å². The molecule has 2 nitrogen and oxygen atoms in total. The zero-order valence-electron chi connectivity index (χ0n) is 16.2. The summed E-state index contributed by atoms with van der Waals surface area (Å²) in [6, 6.07) is 12.3. The van der Waals surface area contributed by atoms with Gasteiger partial charge in [-0.2, -0.15) is 0 Å². The molecule has 26 heavy (non-hydrogen) atoms. The predicted octanol–water partition coefficient (Wildman–Crippen LogP) is 7.16. The fourth-order valence-corrected chi connectivity index (χ4v) is 2.94. The molecule has 2 heteroatoms. The van der Waals surface area contributed by atoms with E-state index in [0.717, 1.165) is 24.3 Å². The highest BCUT2D eigenvalue weighted by Crippen LogP contribution is 2.15. The highest BCUT2D eigenvalue weighted by atomic mass is 16.5. The molecule has 1 aromatic heterocycles. The van der Waals surface area contributed by atoms with Gasteiger partial charge in [-0.25, -0.2) is 0 Å². The van der Waals surface area contributed by atoms with E-state index in [9.17, 15) is 0 Å². The molecule has 2 aromatic rings. The molecule has 0 amide bonds. The molecule has 1 aromatic carbocycles. The number of unbranched alkanes of at least 4 members (excludes halogenated alkanes) is 8. The molecule has 0 atom stereocenters. The van der Waals surface area contributed by atoms with Gasteiger partial charge in [-0.3, -0.25) is 4.98 Å². The Bertz CT molecular complexity index is 604. The number of rotatable bonds is 13. The van der Waals surface area contributed by atoms with E-state index >= 15 is 0 Å². The Balaban J connectivity index is 1.56. The largest absolute Gasteiger partial charge is 0.494 e. The average Bonchev–Trinajstić information content (AvgIpc) is 2.69. The third kappa shape index (κ3) is 8.84. The Morgan fingerprint density at radius 3 is 1.85 bits per heavy atom. The molecule has 0 unspecified atom stereocenters. The van der Waals surface area contributed by atoms with Crippen LogP contribution < -0.4 is 4.74 Å². The van der Waals surface area contributed by atoms with Crippen molar-refractivity contribution in [3.63, 3.8) is 0 Å². The summed E-state index contributed by atoms with van der Waals surface area (Å²) in [7, 11) is 0. The van der Waals surface area contributed by atoms with Crippen LogP contribution in [-0.2, 0) is 0 Å². The molecule has 2 rings (SSSR count). The van der Waals surface area contributed by atoms with E-state index in [1.165, 1.54) is 56.9 Å². The van der Waals surface area contributed by atoms with Gasteiger partial charge in [0.2, 0.25) is 0 Å². The lowest BCUT2D eigenvalue weighted by molar-refractivity contribution is 0.304. The quantitative estimate of drug-likeness (QED) is 0.357.